The minimum atomic E-state index is -0.525. The van der Waals surface area contributed by atoms with Gasteiger partial charge in [0.05, 0.1) is 30.7 Å². The Balaban J connectivity index is 1.87. The first kappa shape index (κ1) is 21.9. The first-order valence-electron chi connectivity index (χ1n) is 10.8. The van der Waals surface area contributed by atoms with Gasteiger partial charge in [0, 0.05) is 12.6 Å². The molecule has 32 heavy (non-hydrogen) atoms. The molecular formula is C25H28N2O5. The van der Waals surface area contributed by atoms with Crippen LogP contribution in [0.5, 0.6) is 11.5 Å². The number of nitrogens with zero attached hydrogens (tertiary/aromatic N) is 2. The molecule has 1 aromatic heterocycles. The maximum absolute atomic E-state index is 13.6. The SMILES string of the molecule is CCOc1cccc(C2c3c(oc4cc(OC)ccc4c3=O)C(=O)N2CCCN(C)C)c1. The summed E-state index contributed by atoms with van der Waals surface area (Å²) < 4.78 is 16.9. The Kier molecular flexibility index (Phi) is 6.19. The maximum atomic E-state index is 13.6. The van der Waals surface area contributed by atoms with Crippen molar-refractivity contribution in [1.29, 1.82) is 0 Å². The summed E-state index contributed by atoms with van der Waals surface area (Å²) >= 11 is 0. The van der Waals surface area contributed by atoms with Gasteiger partial charge in [-0.05, 0) is 63.8 Å². The molecule has 0 spiro atoms. The van der Waals surface area contributed by atoms with Crippen LogP contribution in [0.4, 0.5) is 0 Å². The van der Waals surface area contributed by atoms with Crippen LogP contribution in [0.1, 0.15) is 41.1 Å². The normalized spacial score (nSPS) is 15.5. The summed E-state index contributed by atoms with van der Waals surface area (Å²) in [4.78, 5) is 30.8. The molecule has 0 radical (unpaired) electrons. The fourth-order valence-electron chi connectivity index (χ4n) is 4.20. The molecule has 0 fully saturated rings. The van der Waals surface area contributed by atoms with Crippen LogP contribution in [0.25, 0.3) is 11.0 Å². The van der Waals surface area contributed by atoms with Crippen LogP contribution in [0, 0.1) is 0 Å². The minimum Gasteiger partial charge on any atom is -0.497 e. The van der Waals surface area contributed by atoms with Gasteiger partial charge in [-0.25, -0.2) is 0 Å². The van der Waals surface area contributed by atoms with Crippen LogP contribution in [0.3, 0.4) is 0 Å². The molecular weight excluding hydrogens is 408 g/mol. The van der Waals surface area contributed by atoms with E-state index < -0.39 is 6.04 Å². The number of methoxy groups -OCH3 is 1. The average molecular weight is 437 g/mol. The van der Waals surface area contributed by atoms with E-state index in [0.29, 0.717) is 41.2 Å². The summed E-state index contributed by atoms with van der Waals surface area (Å²) in [5.41, 5.74) is 1.36. The van der Waals surface area contributed by atoms with E-state index in [0.717, 1.165) is 18.5 Å². The summed E-state index contributed by atoms with van der Waals surface area (Å²) in [6.45, 7) is 3.78. The molecule has 2 heterocycles. The van der Waals surface area contributed by atoms with Crippen molar-refractivity contribution in [3.63, 3.8) is 0 Å². The van der Waals surface area contributed by atoms with Gasteiger partial charge < -0.3 is 23.7 Å². The molecule has 1 unspecified atom stereocenters. The Hall–Kier alpha value is -3.32. The molecule has 0 bridgehead atoms. The molecule has 3 aromatic rings. The number of hydrogen-bond acceptors (Lipinski definition) is 6. The van der Waals surface area contributed by atoms with Gasteiger partial charge in [0.2, 0.25) is 5.76 Å². The van der Waals surface area contributed by atoms with E-state index in [1.807, 2.05) is 45.3 Å². The summed E-state index contributed by atoms with van der Waals surface area (Å²) in [7, 11) is 5.54. The number of carbonyl (C=O) groups excluding carboxylic acids is 1. The highest BCUT2D eigenvalue weighted by atomic mass is 16.5. The predicted octanol–water partition coefficient (Wildman–Crippen LogP) is 3.70. The Bertz CT molecular complexity index is 1200. The van der Waals surface area contributed by atoms with Gasteiger partial charge in [-0.15, -0.1) is 0 Å². The highest BCUT2D eigenvalue weighted by Gasteiger charge is 2.42. The van der Waals surface area contributed by atoms with Crippen molar-refractivity contribution in [2.24, 2.45) is 0 Å². The molecule has 1 amide bonds. The zero-order valence-corrected chi connectivity index (χ0v) is 18.9. The molecule has 0 saturated heterocycles. The van der Waals surface area contributed by atoms with Crippen LogP contribution in [0.15, 0.2) is 51.7 Å². The molecule has 0 saturated carbocycles. The Morgan fingerprint density at radius 1 is 1.09 bits per heavy atom. The molecule has 7 heteroatoms. The molecule has 1 aliphatic rings. The van der Waals surface area contributed by atoms with Crippen molar-refractivity contribution in [3.8, 4) is 11.5 Å². The van der Waals surface area contributed by atoms with Crippen LogP contribution in [-0.4, -0.2) is 56.6 Å². The fraction of sp³-hybridized carbons (Fsp3) is 0.360. The van der Waals surface area contributed by atoms with Crippen LogP contribution < -0.4 is 14.9 Å². The summed E-state index contributed by atoms with van der Waals surface area (Å²) in [6.07, 6.45) is 0.774. The Labute approximate surface area is 187 Å². The van der Waals surface area contributed by atoms with Crippen LogP contribution in [-0.2, 0) is 0 Å². The molecule has 0 N–H and O–H groups in total. The van der Waals surface area contributed by atoms with Gasteiger partial charge in [0.25, 0.3) is 5.91 Å². The van der Waals surface area contributed by atoms with Crippen molar-refractivity contribution in [2.75, 3.05) is 40.9 Å². The first-order chi connectivity index (χ1) is 15.4. The van der Waals surface area contributed by atoms with Crippen molar-refractivity contribution in [3.05, 3.63) is 69.6 Å². The third-order valence-electron chi connectivity index (χ3n) is 5.66. The molecule has 1 atom stereocenters. The number of amides is 1. The topological polar surface area (TPSA) is 72.2 Å². The largest absolute Gasteiger partial charge is 0.497 e. The Morgan fingerprint density at radius 3 is 2.62 bits per heavy atom. The highest BCUT2D eigenvalue weighted by Crippen LogP contribution is 2.39. The van der Waals surface area contributed by atoms with E-state index in [1.165, 1.54) is 0 Å². The van der Waals surface area contributed by atoms with E-state index in [2.05, 4.69) is 4.90 Å². The van der Waals surface area contributed by atoms with Gasteiger partial charge in [-0.2, -0.15) is 0 Å². The molecule has 1 aliphatic heterocycles. The van der Waals surface area contributed by atoms with E-state index in [4.69, 9.17) is 13.9 Å². The zero-order valence-electron chi connectivity index (χ0n) is 18.9. The number of ether oxygens (including phenoxy) is 2. The first-order valence-corrected chi connectivity index (χ1v) is 10.8. The van der Waals surface area contributed by atoms with E-state index >= 15 is 0 Å². The van der Waals surface area contributed by atoms with Crippen molar-refractivity contribution in [2.45, 2.75) is 19.4 Å². The third-order valence-corrected chi connectivity index (χ3v) is 5.66. The summed E-state index contributed by atoms with van der Waals surface area (Å²) in [5.74, 6) is 1.10. The Morgan fingerprint density at radius 2 is 1.91 bits per heavy atom. The molecule has 168 valence electrons. The van der Waals surface area contributed by atoms with Crippen LogP contribution >= 0.6 is 0 Å². The number of rotatable bonds is 8. The molecule has 7 nitrogen and oxygen atoms in total. The zero-order chi connectivity index (χ0) is 22.8. The third kappa shape index (κ3) is 3.96. The number of hydrogen-bond donors (Lipinski definition) is 0. The van der Waals surface area contributed by atoms with Gasteiger partial charge in [0.15, 0.2) is 5.43 Å². The van der Waals surface area contributed by atoms with Gasteiger partial charge >= 0.3 is 0 Å². The quantitative estimate of drug-likeness (QED) is 0.536. The lowest BCUT2D eigenvalue weighted by Crippen LogP contribution is -2.32. The number of benzene rings is 2. The average Bonchev–Trinajstić information content (AvgIpc) is 3.06. The minimum absolute atomic E-state index is 0.104. The second-order valence-electron chi connectivity index (χ2n) is 8.10. The molecule has 2 aromatic carbocycles. The smallest absolute Gasteiger partial charge is 0.290 e. The van der Waals surface area contributed by atoms with Gasteiger partial charge in [0.1, 0.15) is 17.1 Å². The van der Waals surface area contributed by atoms with Gasteiger partial charge in [-0.1, -0.05) is 12.1 Å². The molecule has 4 rings (SSSR count). The van der Waals surface area contributed by atoms with Crippen molar-refractivity contribution < 1.29 is 18.7 Å². The molecule has 0 aliphatic carbocycles. The van der Waals surface area contributed by atoms with E-state index in [1.54, 1.807) is 30.2 Å². The lowest BCUT2D eigenvalue weighted by Gasteiger charge is -2.26. The van der Waals surface area contributed by atoms with Crippen molar-refractivity contribution in [1.82, 2.24) is 9.80 Å². The monoisotopic (exact) mass is 436 g/mol. The summed E-state index contributed by atoms with van der Waals surface area (Å²) in [5, 5.41) is 0.429. The predicted molar refractivity (Wildman–Crippen MR) is 123 cm³/mol. The maximum Gasteiger partial charge on any atom is 0.290 e. The summed E-state index contributed by atoms with van der Waals surface area (Å²) in [6, 6.07) is 12.1. The number of fused-ring (bicyclic) bond motifs is 2. The lowest BCUT2D eigenvalue weighted by atomic mass is 9.98. The van der Waals surface area contributed by atoms with Gasteiger partial charge in [-0.3, -0.25) is 9.59 Å². The second-order valence-corrected chi connectivity index (χ2v) is 8.10. The standard InChI is InChI=1S/C25H28N2O5/c1-5-31-18-9-6-8-16(14-18)22-21-23(28)19-11-10-17(30-4)15-20(19)32-24(21)25(29)27(22)13-7-12-26(2)3/h6,8-11,14-15,22H,5,7,12-13H2,1-4H3. The second kappa shape index (κ2) is 9.04. The van der Waals surface area contributed by atoms with E-state index in [-0.39, 0.29) is 17.1 Å². The lowest BCUT2D eigenvalue weighted by molar-refractivity contribution is 0.0722. The van der Waals surface area contributed by atoms with Crippen LogP contribution in [0.2, 0.25) is 0 Å². The fourth-order valence-corrected chi connectivity index (χ4v) is 4.20. The van der Waals surface area contributed by atoms with E-state index in [9.17, 15) is 9.59 Å². The highest BCUT2D eigenvalue weighted by molar-refractivity contribution is 5.99. The van der Waals surface area contributed by atoms with Crippen molar-refractivity contribution >= 4 is 16.9 Å². The number of carbonyl (C=O) groups is 1.